The summed E-state index contributed by atoms with van der Waals surface area (Å²) < 4.78 is 21.7. The normalized spacial score (nSPS) is 13.5. The molecule has 0 N–H and O–H groups in total. The lowest BCUT2D eigenvalue weighted by Gasteiger charge is -2.08. The van der Waals surface area contributed by atoms with E-state index >= 15 is 0 Å². The molecule has 0 bridgehead atoms. The molecule has 0 spiro atoms. The van der Waals surface area contributed by atoms with Crippen molar-refractivity contribution in [3.8, 4) is 23.0 Å². The molecule has 30 heavy (non-hydrogen) atoms. The fraction of sp³-hybridized carbons (Fsp3) is 0.0833. The molecule has 4 rings (SSSR count). The summed E-state index contributed by atoms with van der Waals surface area (Å²) in [5, 5.41) is 0. The van der Waals surface area contributed by atoms with Gasteiger partial charge >= 0.3 is 5.97 Å². The largest absolute Gasteiger partial charge is 0.497 e. The van der Waals surface area contributed by atoms with Crippen LogP contribution in [0.15, 0.2) is 72.5 Å². The highest BCUT2D eigenvalue weighted by atomic mass is 16.5. The summed E-state index contributed by atoms with van der Waals surface area (Å²) in [5.41, 5.74) is 1.50. The SMILES string of the molecule is COc1ccc(/C=C2/Oc3cc(OC(=O)c4ccccc4)ccc3C2=O)c(OC)c1. The monoisotopic (exact) mass is 402 g/mol. The Balaban J connectivity index is 1.58. The Bertz CT molecular complexity index is 1150. The molecule has 1 aliphatic heterocycles. The summed E-state index contributed by atoms with van der Waals surface area (Å²) >= 11 is 0. The molecule has 6 heteroatoms. The fourth-order valence-corrected chi connectivity index (χ4v) is 3.05. The van der Waals surface area contributed by atoms with Crippen LogP contribution in [0, 0.1) is 0 Å². The van der Waals surface area contributed by atoms with E-state index < -0.39 is 5.97 Å². The number of hydrogen-bond donors (Lipinski definition) is 0. The summed E-state index contributed by atoms with van der Waals surface area (Å²) in [7, 11) is 3.10. The van der Waals surface area contributed by atoms with Crippen LogP contribution in [-0.2, 0) is 0 Å². The molecule has 1 heterocycles. The maximum atomic E-state index is 12.7. The van der Waals surface area contributed by atoms with Crippen LogP contribution >= 0.6 is 0 Å². The van der Waals surface area contributed by atoms with Crippen molar-refractivity contribution in [2.75, 3.05) is 14.2 Å². The molecular weight excluding hydrogens is 384 g/mol. The van der Waals surface area contributed by atoms with Crippen molar-refractivity contribution in [1.82, 2.24) is 0 Å². The third kappa shape index (κ3) is 3.75. The van der Waals surface area contributed by atoms with Gasteiger partial charge in [-0.25, -0.2) is 4.79 Å². The van der Waals surface area contributed by atoms with Crippen molar-refractivity contribution in [3.05, 3.63) is 89.2 Å². The molecule has 0 saturated heterocycles. The van der Waals surface area contributed by atoms with E-state index in [1.165, 1.54) is 13.2 Å². The van der Waals surface area contributed by atoms with Gasteiger partial charge in [-0.15, -0.1) is 0 Å². The molecule has 1 aliphatic rings. The van der Waals surface area contributed by atoms with Crippen LogP contribution in [0.1, 0.15) is 26.3 Å². The molecule has 0 aliphatic carbocycles. The van der Waals surface area contributed by atoms with Crippen LogP contribution < -0.4 is 18.9 Å². The number of carbonyl (C=O) groups is 2. The summed E-state index contributed by atoms with van der Waals surface area (Å²) in [6, 6.07) is 18.6. The molecule has 3 aromatic carbocycles. The van der Waals surface area contributed by atoms with Gasteiger partial charge < -0.3 is 18.9 Å². The number of ketones is 1. The predicted octanol–water partition coefficient (Wildman–Crippen LogP) is 4.54. The van der Waals surface area contributed by atoms with E-state index in [1.807, 2.05) is 6.07 Å². The topological polar surface area (TPSA) is 71.1 Å². The number of hydrogen-bond acceptors (Lipinski definition) is 6. The molecule has 0 unspecified atom stereocenters. The number of Topliss-reactive ketones (excluding diaryl/α,β-unsaturated/α-hetero) is 1. The number of ether oxygens (including phenoxy) is 4. The number of fused-ring (bicyclic) bond motifs is 1. The number of carbonyl (C=O) groups excluding carboxylic acids is 2. The van der Waals surface area contributed by atoms with Gasteiger partial charge in [-0.3, -0.25) is 4.79 Å². The van der Waals surface area contributed by atoms with Crippen molar-refractivity contribution in [1.29, 1.82) is 0 Å². The van der Waals surface area contributed by atoms with E-state index in [9.17, 15) is 9.59 Å². The number of benzene rings is 3. The van der Waals surface area contributed by atoms with Crippen molar-refractivity contribution in [2.24, 2.45) is 0 Å². The average molecular weight is 402 g/mol. The van der Waals surface area contributed by atoms with E-state index in [0.29, 0.717) is 39.7 Å². The maximum Gasteiger partial charge on any atom is 0.343 e. The molecule has 0 aromatic heterocycles. The first-order valence-electron chi connectivity index (χ1n) is 9.16. The molecule has 0 fully saturated rings. The lowest BCUT2D eigenvalue weighted by molar-refractivity contribution is 0.0734. The first-order valence-corrected chi connectivity index (χ1v) is 9.16. The lowest BCUT2D eigenvalue weighted by atomic mass is 10.1. The van der Waals surface area contributed by atoms with Gasteiger partial charge in [0.1, 0.15) is 23.0 Å². The van der Waals surface area contributed by atoms with E-state index in [1.54, 1.807) is 67.8 Å². The van der Waals surface area contributed by atoms with E-state index in [2.05, 4.69) is 0 Å². The van der Waals surface area contributed by atoms with Crippen LogP contribution in [0.25, 0.3) is 6.08 Å². The van der Waals surface area contributed by atoms with Gasteiger partial charge in [-0.1, -0.05) is 18.2 Å². The zero-order valence-electron chi connectivity index (χ0n) is 16.4. The Hall–Kier alpha value is -4.06. The molecule has 3 aromatic rings. The van der Waals surface area contributed by atoms with Gasteiger partial charge in [0.05, 0.1) is 25.3 Å². The standard InChI is InChI=1S/C24H18O6/c1-27-17-9-8-16(20(13-17)28-2)12-22-23(25)19-11-10-18(14-21(19)30-22)29-24(26)15-6-4-3-5-7-15/h3-14H,1-2H3/b22-12+. The predicted molar refractivity (Wildman–Crippen MR) is 110 cm³/mol. The maximum absolute atomic E-state index is 12.7. The molecule has 6 nitrogen and oxygen atoms in total. The molecular formula is C24H18O6. The van der Waals surface area contributed by atoms with Gasteiger partial charge in [0, 0.05) is 17.7 Å². The van der Waals surface area contributed by atoms with Crippen LogP contribution in [0.3, 0.4) is 0 Å². The fourth-order valence-electron chi connectivity index (χ4n) is 3.05. The second kappa shape index (κ2) is 8.13. The highest BCUT2D eigenvalue weighted by Gasteiger charge is 2.28. The first-order chi connectivity index (χ1) is 14.6. The molecule has 0 atom stereocenters. The summed E-state index contributed by atoms with van der Waals surface area (Å²) in [4.78, 5) is 25.0. The van der Waals surface area contributed by atoms with Gasteiger partial charge in [-0.05, 0) is 42.5 Å². The number of esters is 1. The van der Waals surface area contributed by atoms with Crippen molar-refractivity contribution >= 4 is 17.8 Å². The smallest absolute Gasteiger partial charge is 0.343 e. The lowest BCUT2D eigenvalue weighted by Crippen LogP contribution is -2.08. The highest BCUT2D eigenvalue weighted by Crippen LogP contribution is 2.36. The number of methoxy groups -OCH3 is 2. The molecule has 0 amide bonds. The van der Waals surface area contributed by atoms with Gasteiger partial charge in [0.2, 0.25) is 5.78 Å². The second-order valence-electron chi connectivity index (χ2n) is 6.46. The molecule has 150 valence electrons. The zero-order valence-corrected chi connectivity index (χ0v) is 16.4. The summed E-state index contributed by atoms with van der Waals surface area (Å²) in [5.74, 6) is 1.21. The third-order valence-electron chi connectivity index (χ3n) is 4.59. The Morgan fingerprint density at radius 1 is 0.900 bits per heavy atom. The Morgan fingerprint density at radius 3 is 2.40 bits per heavy atom. The van der Waals surface area contributed by atoms with Crippen molar-refractivity contribution in [3.63, 3.8) is 0 Å². The number of allylic oxidation sites excluding steroid dienone is 1. The third-order valence-corrected chi connectivity index (χ3v) is 4.59. The molecule has 0 saturated carbocycles. The minimum atomic E-state index is -0.487. The van der Waals surface area contributed by atoms with Gasteiger partial charge in [0.15, 0.2) is 5.76 Å². The Labute approximate surface area is 173 Å². The Kier molecular flexibility index (Phi) is 5.22. The molecule has 0 radical (unpaired) electrons. The summed E-state index contributed by atoms with van der Waals surface area (Å²) in [6.45, 7) is 0. The zero-order chi connectivity index (χ0) is 21.1. The minimum absolute atomic E-state index is 0.153. The summed E-state index contributed by atoms with van der Waals surface area (Å²) in [6.07, 6.45) is 1.61. The average Bonchev–Trinajstić information content (AvgIpc) is 3.09. The van der Waals surface area contributed by atoms with E-state index in [4.69, 9.17) is 18.9 Å². The minimum Gasteiger partial charge on any atom is -0.497 e. The van der Waals surface area contributed by atoms with Crippen LogP contribution in [0.5, 0.6) is 23.0 Å². The van der Waals surface area contributed by atoms with Crippen molar-refractivity contribution < 1.29 is 28.5 Å². The van der Waals surface area contributed by atoms with Gasteiger partial charge in [0.25, 0.3) is 0 Å². The van der Waals surface area contributed by atoms with Crippen LogP contribution in [-0.4, -0.2) is 26.0 Å². The van der Waals surface area contributed by atoms with E-state index in [0.717, 1.165) is 0 Å². The Morgan fingerprint density at radius 2 is 1.67 bits per heavy atom. The first kappa shape index (κ1) is 19.3. The highest BCUT2D eigenvalue weighted by molar-refractivity contribution is 6.14. The van der Waals surface area contributed by atoms with Gasteiger partial charge in [-0.2, -0.15) is 0 Å². The number of rotatable bonds is 5. The second-order valence-corrected chi connectivity index (χ2v) is 6.46. The quantitative estimate of drug-likeness (QED) is 0.355. The van der Waals surface area contributed by atoms with Crippen LogP contribution in [0.2, 0.25) is 0 Å². The van der Waals surface area contributed by atoms with Crippen LogP contribution in [0.4, 0.5) is 0 Å². The van der Waals surface area contributed by atoms with E-state index in [-0.39, 0.29) is 11.5 Å². The van der Waals surface area contributed by atoms with Crippen molar-refractivity contribution in [2.45, 2.75) is 0 Å².